The van der Waals surface area contributed by atoms with Gasteiger partial charge in [0.2, 0.25) is 0 Å². The molecule has 1 aromatic heterocycles. The molecule has 1 N–H and O–H groups in total. The zero-order valence-corrected chi connectivity index (χ0v) is 13.5. The first kappa shape index (κ1) is 15.7. The average molecular weight is 323 g/mol. The smallest absolute Gasteiger partial charge is 0.0819 e. The van der Waals surface area contributed by atoms with Crippen molar-refractivity contribution in [2.75, 3.05) is 0 Å². The fourth-order valence-corrected chi connectivity index (χ4v) is 2.59. The monoisotopic (exact) mass is 322 g/mol. The van der Waals surface area contributed by atoms with Crippen LogP contribution in [-0.2, 0) is 0 Å². The third-order valence-electron chi connectivity index (χ3n) is 3.69. The molecule has 0 unspecified atom stereocenters. The van der Waals surface area contributed by atoms with E-state index in [1.165, 1.54) is 0 Å². The molecule has 1 atom stereocenters. The normalized spacial score (nSPS) is 12.8. The van der Waals surface area contributed by atoms with Gasteiger partial charge in [0.05, 0.1) is 17.3 Å². The summed E-state index contributed by atoms with van der Waals surface area (Å²) in [6.45, 7) is 1.84. The molecule has 1 radical (unpaired) electrons. The number of aliphatic hydroxyl groups excluding tert-OH is 1. The molecule has 0 fully saturated rings. The molecule has 0 saturated heterocycles. The molecule has 0 aliphatic heterocycles. The number of rotatable bonds is 4. The second-order valence-corrected chi connectivity index (χ2v) is 5.79. The van der Waals surface area contributed by atoms with Crippen LogP contribution in [0.5, 0.6) is 0 Å². The SMILES string of the molecule is C[CH][C@H](O)c1cccc(C=Cc2ccc3ccc(Cl)cc3n2)c1. The van der Waals surface area contributed by atoms with Crippen molar-refractivity contribution in [3.05, 3.63) is 82.9 Å². The summed E-state index contributed by atoms with van der Waals surface area (Å²) >= 11 is 6.02. The summed E-state index contributed by atoms with van der Waals surface area (Å²) in [6.07, 6.45) is 5.17. The molecule has 0 aliphatic carbocycles. The second-order valence-electron chi connectivity index (χ2n) is 5.35. The number of halogens is 1. The first-order chi connectivity index (χ1) is 11.2. The van der Waals surface area contributed by atoms with Crippen LogP contribution in [-0.4, -0.2) is 10.1 Å². The van der Waals surface area contributed by atoms with Crippen LogP contribution in [0.3, 0.4) is 0 Å². The van der Waals surface area contributed by atoms with Gasteiger partial charge in [0.15, 0.2) is 0 Å². The van der Waals surface area contributed by atoms with Crippen LogP contribution in [0.2, 0.25) is 5.02 Å². The molecule has 2 nitrogen and oxygen atoms in total. The molecular weight excluding hydrogens is 306 g/mol. The predicted octanol–water partition coefficient (Wildman–Crippen LogP) is 5.32. The van der Waals surface area contributed by atoms with E-state index in [0.717, 1.165) is 27.7 Å². The van der Waals surface area contributed by atoms with E-state index in [1.54, 1.807) is 6.42 Å². The average Bonchev–Trinajstić information content (AvgIpc) is 2.59. The number of fused-ring (bicyclic) bond motifs is 1. The van der Waals surface area contributed by atoms with Crippen LogP contribution in [0.4, 0.5) is 0 Å². The van der Waals surface area contributed by atoms with Crippen molar-refractivity contribution in [2.45, 2.75) is 13.0 Å². The number of nitrogens with zero attached hydrogens (tertiary/aromatic N) is 1. The lowest BCUT2D eigenvalue weighted by atomic mass is 10.0. The van der Waals surface area contributed by atoms with Crippen LogP contribution < -0.4 is 0 Å². The summed E-state index contributed by atoms with van der Waals surface area (Å²) in [6, 6.07) is 17.5. The van der Waals surface area contributed by atoms with Gasteiger partial charge in [-0.3, -0.25) is 0 Å². The summed E-state index contributed by atoms with van der Waals surface area (Å²) in [5.74, 6) is 0. The molecule has 23 heavy (non-hydrogen) atoms. The molecule has 0 amide bonds. The van der Waals surface area contributed by atoms with Crippen LogP contribution in [0.1, 0.15) is 29.8 Å². The maximum absolute atomic E-state index is 9.88. The molecular formula is C20H17ClNO. The van der Waals surface area contributed by atoms with Gasteiger partial charge in [0, 0.05) is 10.4 Å². The Hall–Kier alpha value is -2.16. The van der Waals surface area contributed by atoms with Gasteiger partial charge in [0.25, 0.3) is 0 Å². The highest BCUT2D eigenvalue weighted by Gasteiger charge is 2.04. The van der Waals surface area contributed by atoms with Crippen molar-refractivity contribution in [2.24, 2.45) is 0 Å². The van der Waals surface area contributed by atoms with Gasteiger partial charge in [-0.1, -0.05) is 54.9 Å². The first-order valence-corrected chi connectivity index (χ1v) is 7.85. The Labute approximate surface area is 141 Å². The highest BCUT2D eigenvalue weighted by atomic mass is 35.5. The molecule has 1 heterocycles. The van der Waals surface area contributed by atoms with Gasteiger partial charge >= 0.3 is 0 Å². The summed E-state index contributed by atoms with van der Waals surface area (Å²) in [5.41, 5.74) is 3.65. The van der Waals surface area contributed by atoms with Gasteiger partial charge in [-0.2, -0.15) is 0 Å². The fourth-order valence-electron chi connectivity index (χ4n) is 2.42. The van der Waals surface area contributed by atoms with Gasteiger partial charge < -0.3 is 5.11 Å². The number of benzene rings is 2. The predicted molar refractivity (Wildman–Crippen MR) is 97.1 cm³/mol. The third-order valence-corrected chi connectivity index (χ3v) is 3.93. The van der Waals surface area contributed by atoms with E-state index in [-0.39, 0.29) is 0 Å². The van der Waals surface area contributed by atoms with Gasteiger partial charge in [-0.15, -0.1) is 0 Å². The lowest BCUT2D eigenvalue weighted by Crippen LogP contribution is -1.95. The standard InChI is InChI=1S/C20H17ClNO/c1-2-20(23)16-5-3-4-14(12-16)6-10-18-11-8-15-7-9-17(21)13-19(15)22-18/h2-13,20,23H,1H3/t20-/m0/s1. The maximum atomic E-state index is 9.88. The molecule has 2 aromatic carbocycles. The Morgan fingerprint density at radius 1 is 1.04 bits per heavy atom. The number of hydrogen-bond donors (Lipinski definition) is 1. The number of aromatic nitrogens is 1. The Balaban J connectivity index is 1.87. The molecule has 3 rings (SSSR count). The number of hydrogen-bond acceptors (Lipinski definition) is 2. The summed E-state index contributed by atoms with van der Waals surface area (Å²) < 4.78 is 0. The molecule has 115 valence electrons. The molecule has 0 aliphatic rings. The summed E-state index contributed by atoms with van der Waals surface area (Å²) in [5, 5.41) is 11.6. The van der Waals surface area contributed by atoms with Crippen LogP contribution in [0.25, 0.3) is 23.1 Å². The van der Waals surface area contributed by atoms with Crippen molar-refractivity contribution in [1.29, 1.82) is 0 Å². The van der Waals surface area contributed by atoms with Crippen LogP contribution in [0, 0.1) is 6.42 Å². The van der Waals surface area contributed by atoms with Crippen LogP contribution >= 0.6 is 11.6 Å². The van der Waals surface area contributed by atoms with Crippen molar-refractivity contribution in [3.63, 3.8) is 0 Å². The Kier molecular flexibility index (Phi) is 4.75. The van der Waals surface area contributed by atoms with Crippen molar-refractivity contribution in [3.8, 4) is 0 Å². The van der Waals surface area contributed by atoms with E-state index in [9.17, 15) is 5.11 Å². The van der Waals surface area contributed by atoms with Gasteiger partial charge in [0.1, 0.15) is 0 Å². The third kappa shape index (κ3) is 3.79. The van der Waals surface area contributed by atoms with E-state index in [4.69, 9.17) is 11.6 Å². The fraction of sp³-hybridized carbons (Fsp3) is 0.100. The highest BCUT2D eigenvalue weighted by Crippen LogP contribution is 2.20. The maximum Gasteiger partial charge on any atom is 0.0819 e. The largest absolute Gasteiger partial charge is 0.388 e. The topological polar surface area (TPSA) is 33.1 Å². The quantitative estimate of drug-likeness (QED) is 0.705. The zero-order chi connectivity index (χ0) is 16.2. The minimum atomic E-state index is -0.538. The van der Waals surface area contributed by atoms with Crippen LogP contribution in [0.15, 0.2) is 54.6 Å². The molecule has 3 aromatic rings. The highest BCUT2D eigenvalue weighted by molar-refractivity contribution is 6.31. The minimum Gasteiger partial charge on any atom is -0.388 e. The van der Waals surface area contributed by atoms with Crippen molar-refractivity contribution >= 4 is 34.7 Å². The first-order valence-electron chi connectivity index (χ1n) is 7.47. The molecule has 0 bridgehead atoms. The Morgan fingerprint density at radius 3 is 2.70 bits per heavy atom. The minimum absolute atomic E-state index is 0.538. The lowest BCUT2D eigenvalue weighted by molar-refractivity contribution is 0.212. The van der Waals surface area contributed by atoms with Gasteiger partial charge in [-0.05, 0) is 47.9 Å². The Morgan fingerprint density at radius 2 is 1.87 bits per heavy atom. The summed E-state index contributed by atoms with van der Waals surface area (Å²) in [7, 11) is 0. The van der Waals surface area contributed by atoms with Gasteiger partial charge in [-0.25, -0.2) is 4.98 Å². The second kappa shape index (κ2) is 6.95. The lowest BCUT2D eigenvalue weighted by Gasteiger charge is -2.08. The van der Waals surface area contributed by atoms with E-state index in [1.807, 2.05) is 73.7 Å². The number of pyridine rings is 1. The number of aliphatic hydroxyl groups is 1. The molecule has 0 spiro atoms. The Bertz CT molecular complexity index is 857. The van der Waals surface area contributed by atoms with Crippen molar-refractivity contribution in [1.82, 2.24) is 4.98 Å². The summed E-state index contributed by atoms with van der Waals surface area (Å²) in [4.78, 5) is 4.60. The van der Waals surface area contributed by atoms with E-state index in [2.05, 4.69) is 4.98 Å². The van der Waals surface area contributed by atoms with E-state index < -0.39 is 6.10 Å². The van der Waals surface area contributed by atoms with Crippen molar-refractivity contribution < 1.29 is 5.11 Å². The molecule has 3 heteroatoms. The van der Waals surface area contributed by atoms with E-state index >= 15 is 0 Å². The zero-order valence-electron chi connectivity index (χ0n) is 12.8. The van der Waals surface area contributed by atoms with E-state index in [0.29, 0.717) is 5.02 Å². The molecule has 0 saturated carbocycles.